The van der Waals surface area contributed by atoms with Gasteiger partial charge in [-0.25, -0.2) is 0 Å². The van der Waals surface area contributed by atoms with Crippen molar-refractivity contribution >= 4 is 44.3 Å². The van der Waals surface area contributed by atoms with Crippen molar-refractivity contribution in [2.45, 2.75) is 65.8 Å². The Hall–Kier alpha value is -3.60. The molecule has 1 aliphatic carbocycles. The standard InChI is InChI=1S/C33H39N5/c1-32(2,3)22-14-16-23(17-15-22)33(4,5)38-37-31-21-20-30(26-12-8-9-13-27(26)31)36-35-29-19-18-28(34)24-10-6-7-11-25(24)29/h6-13,18-23H,14-17,34H2,1-5H3/b36-35-,38-37-. The van der Waals surface area contributed by atoms with Gasteiger partial charge in [-0.2, -0.15) is 10.2 Å². The minimum atomic E-state index is -0.196. The van der Waals surface area contributed by atoms with Crippen LogP contribution in [0.4, 0.5) is 22.7 Å². The highest BCUT2D eigenvalue weighted by atomic mass is 15.2. The van der Waals surface area contributed by atoms with Crippen LogP contribution >= 0.6 is 0 Å². The molecule has 5 rings (SSSR count). The van der Waals surface area contributed by atoms with Gasteiger partial charge < -0.3 is 5.73 Å². The molecule has 0 aromatic heterocycles. The van der Waals surface area contributed by atoms with Gasteiger partial charge in [0.05, 0.1) is 22.6 Å². The van der Waals surface area contributed by atoms with Crippen molar-refractivity contribution in [2.24, 2.45) is 37.7 Å². The van der Waals surface area contributed by atoms with Gasteiger partial charge in [0.25, 0.3) is 0 Å². The highest BCUT2D eigenvalue weighted by Gasteiger charge is 2.36. The first kappa shape index (κ1) is 26.0. The fourth-order valence-corrected chi connectivity index (χ4v) is 5.87. The first-order valence-corrected chi connectivity index (χ1v) is 13.8. The molecule has 0 aliphatic heterocycles. The van der Waals surface area contributed by atoms with Crippen LogP contribution in [0.5, 0.6) is 0 Å². The minimum absolute atomic E-state index is 0.196. The summed E-state index contributed by atoms with van der Waals surface area (Å²) in [5.41, 5.74) is 9.56. The Morgan fingerprint density at radius 3 is 1.50 bits per heavy atom. The smallest absolute Gasteiger partial charge is 0.0936 e. The van der Waals surface area contributed by atoms with E-state index in [1.165, 1.54) is 25.7 Å². The molecule has 0 saturated heterocycles. The summed E-state index contributed by atoms with van der Waals surface area (Å²) < 4.78 is 0. The van der Waals surface area contributed by atoms with E-state index >= 15 is 0 Å². The Morgan fingerprint density at radius 1 is 0.553 bits per heavy atom. The van der Waals surface area contributed by atoms with E-state index in [9.17, 15) is 0 Å². The number of rotatable bonds is 5. The summed E-state index contributed by atoms with van der Waals surface area (Å²) >= 11 is 0. The lowest BCUT2D eigenvalue weighted by molar-refractivity contribution is 0.120. The van der Waals surface area contributed by atoms with Crippen molar-refractivity contribution in [1.82, 2.24) is 0 Å². The Kier molecular flexibility index (Phi) is 7.04. The molecule has 1 aliphatic rings. The Bertz CT molecular complexity index is 1500. The second kappa shape index (κ2) is 10.3. The number of benzene rings is 4. The van der Waals surface area contributed by atoms with Crippen LogP contribution in [-0.4, -0.2) is 5.54 Å². The molecule has 196 valence electrons. The fourth-order valence-electron chi connectivity index (χ4n) is 5.87. The number of hydrogen-bond donors (Lipinski definition) is 1. The Morgan fingerprint density at radius 2 is 0.974 bits per heavy atom. The van der Waals surface area contributed by atoms with Crippen LogP contribution in [0.15, 0.2) is 93.3 Å². The van der Waals surface area contributed by atoms with Gasteiger partial charge in [-0.05, 0) is 81.0 Å². The molecule has 5 heteroatoms. The molecule has 0 heterocycles. The van der Waals surface area contributed by atoms with E-state index < -0.39 is 0 Å². The average Bonchev–Trinajstić information content (AvgIpc) is 2.91. The van der Waals surface area contributed by atoms with Gasteiger partial charge >= 0.3 is 0 Å². The third kappa shape index (κ3) is 5.33. The van der Waals surface area contributed by atoms with Crippen molar-refractivity contribution in [1.29, 1.82) is 0 Å². The summed E-state index contributed by atoms with van der Waals surface area (Å²) in [6, 6.07) is 24.0. The van der Waals surface area contributed by atoms with Gasteiger partial charge in [-0.1, -0.05) is 69.3 Å². The zero-order valence-electron chi connectivity index (χ0n) is 23.3. The molecule has 0 bridgehead atoms. The molecule has 0 radical (unpaired) electrons. The number of nitrogen functional groups attached to an aromatic ring is 1. The highest BCUT2D eigenvalue weighted by molar-refractivity contribution is 6.01. The first-order valence-electron chi connectivity index (χ1n) is 13.8. The van der Waals surface area contributed by atoms with Gasteiger partial charge in [0.15, 0.2) is 0 Å². The summed E-state index contributed by atoms with van der Waals surface area (Å²) in [5, 5.41) is 23.0. The molecule has 0 atom stereocenters. The van der Waals surface area contributed by atoms with E-state index in [2.05, 4.69) is 57.0 Å². The fraction of sp³-hybridized carbons (Fsp3) is 0.394. The summed E-state index contributed by atoms with van der Waals surface area (Å²) in [6.45, 7) is 11.6. The summed E-state index contributed by atoms with van der Waals surface area (Å²) in [7, 11) is 0. The lowest BCUT2D eigenvalue weighted by Crippen LogP contribution is -2.35. The van der Waals surface area contributed by atoms with Crippen LogP contribution in [0.2, 0.25) is 0 Å². The highest BCUT2D eigenvalue weighted by Crippen LogP contribution is 2.44. The van der Waals surface area contributed by atoms with Crippen molar-refractivity contribution in [3.05, 3.63) is 72.8 Å². The van der Waals surface area contributed by atoms with E-state index in [0.717, 1.165) is 50.2 Å². The molecular formula is C33H39N5. The average molecular weight is 506 g/mol. The van der Waals surface area contributed by atoms with Crippen LogP contribution in [0.3, 0.4) is 0 Å². The third-order valence-corrected chi connectivity index (χ3v) is 8.44. The predicted molar refractivity (Wildman–Crippen MR) is 160 cm³/mol. The number of fused-ring (bicyclic) bond motifs is 2. The molecule has 0 amide bonds. The third-order valence-electron chi connectivity index (χ3n) is 8.44. The maximum absolute atomic E-state index is 6.16. The van der Waals surface area contributed by atoms with Crippen LogP contribution in [0, 0.1) is 17.3 Å². The van der Waals surface area contributed by atoms with Crippen molar-refractivity contribution < 1.29 is 0 Å². The van der Waals surface area contributed by atoms with Crippen LogP contribution in [0.1, 0.15) is 60.3 Å². The Balaban J connectivity index is 1.40. The van der Waals surface area contributed by atoms with Crippen LogP contribution in [-0.2, 0) is 0 Å². The van der Waals surface area contributed by atoms with Crippen LogP contribution in [0.25, 0.3) is 21.5 Å². The number of nitrogens with zero attached hydrogens (tertiary/aromatic N) is 4. The van der Waals surface area contributed by atoms with E-state index in [-0.39, 0.29) is 5.54 Å². The van der Waals surface area contributed by atoms with Gasteiger partial charge in [-0.15, -0.1) is 10.2 Å². The number of anilines is 1. The molecule has 1 saturated carbocycles. The molecule has 1 fully saturated rings. The predicted octanol–water partition coefficient (Wildman–Crippen LogP) is 10.7. The molecule has 38 heavy (non-hydrogen) atoms. The SMILES string of the molecule is CC(C)(C)C1CCC(C(C)(C)/N=N\c2ccc(/N=N\c3ccc(N)c4ccccc34)c3ccccc23)CC1. The normalized spacial score (nSPS) is 19.2. The molecule has 5 nitrogen and oxygen atoms in total. The number of nitrogens with two attached hydrogens (primary N) is 1. The second-order valence-corrected chi connectivity index (χ2v) is 12.3. The van der Waals surface area contributed by atoms with Crippen molar-refractivity contribution in [3.8, 4) is 0 Å². The zero-order valence-corrected chi connectivity index (χ0v) is 23.3. The van der Waals surface area contributed by atoms with E-state index in [4.69, 9.17) is 16.0 Å². The lowest BCUT2D eigenvalue weighted by Gasteiger charge is -2.40. The maximum Gasteiger partial charge on any atom is 0.0936 e. The van der Waals surface area contributed by atoms with Gasteiger partial charge in [0.2, 0.25) is 0 Å². The summed E-state index contributed by atoms with van der Waals surface area (Å²) in [5.74, 6) is 1.35. The van der Waals surface area contributed by atoms with Gasteiger partial charge in [-0.3, -0.25) is 0 Å². The van der Waals surface area contributed by atoms with Gasteiger partial charge in [0.1, 0.15) is 0 Å². The second-order valence-electron chi connectivity index (χ2n) is 12.3. The first-order chi connectivity index (χ1) is 18.1. The molecule has 0 spiro atoms. The van der Waals surface area contributed by atoms with E-state index in [0.29, 0.717) is 11.3 Å². The van der Waals surface area contributed by atoms with Crippen molar-refractivity contribution in [2.75, 3.05) is 5.73 Å². The van der Waals surface area contributed by atoms with Crippen molar-refractivity contribution in [3.63, 3.8) is 0 Å². The number of hydrogen-bond acceptors (Lipinski definition) is 5. The van der Waals surface area contributed by atoms with Gasteiger partial charge in [0, 0.05) is 27.2 Å². The molecule has 4 aromatic carbocycles. The van der Waals surface area contributed by atoms with E-state index in [1.807, 2.05) is 60.7 Å². The zero-order chi connectivity index (χ0) is 26.9. The maximum atomic E-state index is 6.16. The lowest BCUT2D eigenvalue weighted by atomic mass is 9.66. The monoisotopic (exact) mass is 505 g/mol. The van der Waals surface area contributed by atoms with Crippen LogP contribution < -0.4 is 5.73 Å². The number of azo groups is 2. The molecule has 4 aromatic rings. The minimum Gasteiger partial charge on any atom is -0.398 e. The topological polar surface area (TPSA) is 75.5 Å². The molecule has 2 N–H and O–H groups in total. The summed E-state index contributed by atoms with van der Waals surface area (Å²) in [4.78, 5) is 0. The Labute approximate surface area is 226 Å². The quantitative estimate of drug-likeness (QED) is 0.212. The van der Waals surface area contributed by atoms with E-state index in [1.54, 1.807) is 0 Å². The molecular weight excluding hydrogens is 466 g/mol. The largest absolute Gasteiger partial charge is 0.398 e. The molecule has 0 unspecified atom stereocenters. The summed E-state index contributed by atoms with van der Waals surface area (Å²) in [6.07, 6.45) is 4.99.